The number of ether oxygens (including phenoxy) is 1. The molecule has 1 fully saturated rings. The molecule has 17 nitrogen and oxygen atoms in total. The van der Waals surface area contributed by atoms with Crippen molar-refractivity contribution in [3.63, 3.8) is 0 Å². The Balaban J connectivity index is 2.35. The quantitative estimate of drug-likeness (QED) is 0.0786. The second-order valence-corrected chi connectivity index (χ2v) is 14.5. The fraction of sp³-hybridized carbons (Fsp3) is 0.385. The highest BCUT2D eigenvalue weighted by Gasteiger charge is 2.38. The van der Waals surface area contributed by atoms with Gasteiger partial charge in [0, 0.05) is 6.08 Å². The summed E-state index contributed by atoms with van der Waals surface area (Å²) in [7, 11) is 0. The maximum Gasteiger partial charge on any atom is 0.329 e. The fourth-order valence-corrected chi connectivity index (χ4v) is 5.52. The van der Waals surface area contributed by atoms with Gasteiger partial charge in [-0.15, -0.1) is 0 Å². The largest absolute Gasteiger partial charge is 0.507 e. The lowest BCUT2D eigenvalue weighted by atomic mass is 10.0. The van der Waals surface area contributed by atoms with Crippen LogP contribution in [0.1, 0.15) is 53.0 Å². The number of halogens is 1. The van der Waals surface area contributed by atoms with E-state index in [1.54, 1.807) is 82.4 Å². The van der Waals surface area contributed by atoms with E-state index in [0.29, 0.717) is 4.47 Å². The van der Waals surface area contributed by atoms with Gasteiger partial charge in [0.2, 0.25) is 41.4 Å². The van der Waals surface area contributed by atoms with Gasteiger partial charge in [-0.1, -0.05) is 88.4 Å². The summed E-state index contributed by atoms with van der Waals surface area (Å²) in [5, 5.41) is 21.7. The maximum absolute atomic E-state index is 13.8. The number of rotatable bonds is 13. The summed E-state index contributed by atoms with van der Waals surface area (Å²) in [6, 6.07) is -2.47. The highest BCUT2D eigenvalue weighted by Crippen LogP contribution is 2.24. The Kier molecular flexibility index (Phi) is 19.1. The van der Waals surface area contributed by atoms with Crippen molar-refractivity contribution in [2.45, 2.75) is 83.8 Å². The Bertz CT molecular complexity index is 1820. The van der Waals surface area contributed by atoms with Gasteiger partial charge in [0.25, 0.3) is 0 Å². The molecular weight excluding hydrogens is 806 g/mol. The second-order valence-electron chi connectivity index (χ2n) is 13.6. The van der Waals surface area contributed by atoms with Crippen LogP contribution in [-0.4, -0.2) is 88.7 Å². The third-order valence-electron chi connectivity index (χ3n) is 8.18. The number of carbonyl (C=O) groups excluding carboxylic acids is 8. The van der Waals surface area contributed by atoms with E-state index in [2.05, 4.69) is 42.5 Å². The van der Waals surface area contributed by atoms with E-state index in [1.807, 2.05) is 12.2 Å². The van der Waals surface area contributed by atoms with E-state index >= 15 is 0 Å². The monoisotopic (exact) mass is 855 g/mol. The average Bonchev–Trinajstić information content (AvgIpc) is 3.11. The number of esters is 1. The zero-order valence-corrected chi connectivity index (χ0v) is 33.8. The molecule has 1 heterocycles. The van der Waals surface area contributed by atoms with Crippen LogP contribution in [-0.2, 0) is 43.1 Å². The summed E-state index contributed by atoms with van der Waals surface area (Å²) in [6.07, 6.45) is 13.6. The minimum Gasteiger partial charge on any atom is -0.507 e. The molecule has 6 atom stereocenters. The summed E-state index contributed by atoms with van der Waals surface area (Å²) in [6.45, 7) is 7.64. The predicted octanol–water partition coefficient (Wildman–Crippen LogP) is 0.825. The number of amides is 7. The minimum atomic E-state index is -1.65. The van der Waals surface area contributed by atoms with Gasteiger partial charge in [-0.25, -0.2) is 4.79 Å². The van der Waals surface area contributed by atoms with Gasteiger partial charge < -0.3 is 47.9 Å². The Morgan fingerprint density at radius 3 is 1.77 bits per heavy atom. The van der Waals surface area contributed by atoms with Crippen molar-refractivity contribution in [2.75, 3.05) is 0 Å². The second kappa shape index (κ2) is 23.1. The zero-order valence-electron chi connectivity index (χ0n) is 32.2. The molecule has 0 radical (unpaired) electrons. The van der Waals surface area contributed by atoms with E-state index in [1.165, 1.54) is 13.0 Å². The van der Waals surface area contributed by atoms with Crippen LogP contribution in [0.3, 0.4) is 0 Å². The zero-order chi connectivity index (χ0) is 42.8. The van der Waals surface area contributed by atoms with Crippen LogP contribution in [0.2, 0.25) is 0 Å². The molecule has 1 aromatic rings. The number of primary amides is 2. The Hall–Kier alpha value is -6.04. The number of allylic oxidation sites excluding steroid dienone is 8. The summed E-state index contributed by atoms with van der Waals surface area (Å²) < 4.78 is 6.16. The normalized spacial score (nSPS) is 23.3. The van der Waals surface area contributed by atoms with E-state index in [9.17, 15) is 43.5 Å². The van der Waals surface area contributed by atoms with Crippen molar-refractivity contribution >= 4 is 69.3 Å². The Morgan fingerprint density at radius 2 is 1.25 bits per heavy atom. The maximum atomic E-state index is 13.8. The first kappa shape index (κ1) is 47.1. The number of hydrogen-bond donors (Lipinski definition) is 8. The molecular formula is C39H50BrN7O10. The first-order valence-electron chi connectivity index (χ1n) is 17.9. The molecule has 57 heavy (non-hydrogen) atoms. The number of benzene rings is 1. The number of hydrogen-bond acceptors (Lipinski definition) is 10. The molecule has 1 aromatic carbocycles. The van der Waals surface area contributed by atoms with Gasteiger partial charge in [-0.2, -0.15) is 0 Å². The lowest BCUT2D eigenvalue weighted by Gasteiger charge is -2.31. The highest BCUT2D eigenvalue weighted by atomic mass is 79.9. The molecule has 2 rings (SSSR count). The van der Waals surface area contributed by atoms with Crippen LogP contribution < -0.4 is 38.1 Å². The number of cyclic esters (lactones) is 1. The molecule has 0 aliphatic carbocycles. The standard InChI is InChI=1S/C39H50BrN7O10/c1-21(2)32-37(54)44-26(19-29(41)49)35(52)43-27(20-30(42)50)36(53)47-33(22(3)4)39(56)57-23(5)34(38(55)46-32)45-31(51)15-13-11-9-7-6-8-10-12-14-24-16-17-28(48)25(40)18-24/h6-18,21-23,26-27,32-34,48H,19-20H2,1-5H3,(H2,41,49)(H2,42,50)(H,43,52)(H,44,54)(H,45,51)(H,46,55)(H,47,53)/b7-6+,10-8+,11-9+,14-12+,15-13?/t23-,26+,27+,32+,33+,34+/m1/s1. The van der Waals surface area contributed by atoms with E-state index in [4.69, 9.17) is 16.2 Å². The molecule has 0 spiro atoms. The molecule has 1 aliphatic rings. The SMILES string of the molecule is CC(C)[C@@H]1NC(=O)[C@@H](NC(=O)C=C/C=C/C=C/C=C/C=C/c2ccc(O)c(Br)c2)[C@@H](C)OC(=O)[C@H](C(C)C)NC(=O)[C@H](CC(N)=O)NC(=O)[C@H](CC(N)=O)NC1=O. The van der Waals surface area contributed by atoms with Gasteiger partial charge in [0.05, 0.1) is 17.3 Å². The molecule has 7 amide bonds. The number of nitrogens with one attached hydrogen (secondary N) is 5. The molecule has 308 valence electrons. The number of phenolic OH excluding ortho intramolecular Hbond substituents is 1. The summed E-state index contributed by atoms with van der Waals surface area (Å²) >= 11 is 3.26. The van der Waals surface area contributed by atoms with Gasteiger partial charge in [0.1, 0.15) is 42.1 Å². The van der Waals surface area contributed by atoms with Crippen molar-refractivity contribution in [3.8, 4) is 5.75 Å². The molecule has 1 aliphatic heterocycles. The number of phenols is 1. The van der Waals surface area contributed by atoms with E-state index in [0.717, 1.165) is 11.6 Å². The van der Waals surface area contributed by atoms with Crippen molar-refractivity contribution in [2.24, 2.45) is 23.3 Å². The predicted molar refractivity (Wildman–Crippen MR) is 214 cm³/mol. The highest BCUT2D eigenvalue weighted by molar-refractivity contribution is 9.10. The molecule has 0 unspecified atom stereocenters. The molecule has 18 heteroatoms. The smallest absolute Gasteiger partial charge is 0.329 e. The van der Waals surface area contributed by atoms with Gasteiger partial charge in [-0.3, -0.25) is 33.6 Å². The third-order valence-corrected chi connectivity index (χ3v) is 8.81. The number of carbonyl (C=O) groups is 8. The van der Waals surface area contributed by atoms with Crippen LogP contribution >= 0.6 is 15.9 Å². The van der Waals surface area contributed by atoms with Crippen LogP contribution in [0, 0.1) is 11.8 Å². The Morgan fingerprint density at radius 1 is 0.754 bits per heavy atom. The van der Waals surface area contributed by atoms with Gasteiger partial charge >= 0.3 is 5.97 Å². The third kappa shape index (κ3) is 16.3. The number of nitrogens with two attached hydrogens (primary N) is 2. The van der Waals surface area contributed by atoms with Crippen molar-refractivity contribution < 1.29 is 48.2 Å². The first-order valence-corrected chi connectivity index (χ1v) is 18.7. The summed E-state index contributed by atoms with van der Waals surface area (Å²) in [5.74, 6) is -8.80. The van der Waals surface area contributed by atoms with Crippen LogP contribution in [0.25, 0.3) is 6.08 Å². The van der Waals surface area contributed by atoms with Gasteiger partial charge in [-0.05, 0) is 52.4 Å². The van der Waals surface area contributed by atoms with Crippen molar-refractivity contribution in [1.82, 2.24) is 26.6 Å². The van der Waals surface area contributed by atoms with Crippen LogP contribution in [0.5, 0.6) is 5.75 Å². The van der Waals surface area contributed by atoms with Crippen molar-refractivity contribution in [3.05, 3.63) is 82.9 Å². The van der Waals surface area contributed by atoms with Crippen LogP contribution in [0.15, 0.2) is 77.4 Å². The molecule has 1 saturated heterocycles. The average molecular weight is 857 g/mol. The molecule has 10 N–H and O–H groups in total. The van der Waals surface area contributed by atoms with E-state index in [-0.39, 0.29) is 5.75 Å². The minimum absolute atomic E-state index is 0.144. The topological polar surface area (TPSA) is 278 Å². The summed E-state index contributed by atoms with van der Waals surface area (Å²) in [4.78, 5) is 104. The van der Waals surface area contributed by atoms with Gasteiger partial charge in [0.15, 0.2) is 0 Å². The first-order chi connectivity index (χ1) is 26.8. The lowest BCUT2D eigenvalue weighted by Crippen LogP contribution is -2.62. The van der Waals surface area contributed by atoms with Crippen LogP contribution in [0.4, 0.5) is 0 Å². The lowest BCUT2D eigenvalue weighted by molar-refractivity contribution is -0.157. The summed E-state index contributed by atoms with van der Waals surface area (Å²) in [5.41, 5.74) is 11.5. The van der Waals surface area contributed by atoms with Crippen molar-refractivity contribution in [1.29, 1.82) is 0 Å². The number of aromatic hydroxyl groups is 1. The molecule has 0 bridgehead atoms. The van der Waals surface area contributed by atoms with E-state index < -0.39 is 108 Å². The molecule has 0 saturated carbocycles. The Labute approximate surface area is 339 Å². The molecule has 0 aromatic heterocycles. The fourth-order valence-electron chi connectivity index (χ4n) is 5.13.